The average molecular weight is 293 g/mol. The highest BCUT2D eigenvalue weighted by atomic mass is 16.4. The Labute approximate surface area is 124 Å². The maximum absolute atomic E-state index is 11.4. The van der Waals surface area contributed by atoms with Crippen molar-refractivity contribution in [3.8, 4) is 0 Å². The third kappa shape index (κ3) is 3.35. The van der Waals surface area contributed by atoms with E-state index in [2.05, 4.69) is 0 Å². The first kappa shape index (κ1) is 17.0. The fourth-order valence-electron chi connectivity index (χ4n) is 2.16. The third-order valence-corrected chi connectivity index (χ3v) is 4.22. The molecule has 0 bridgehead atoms. The molecule has 1 rings (SSSR count). The standard InChI is InChI=1S/C16H23NO4/c1-5-15(3,13(18)19)9-12(17)11-8-16(4,14(20)21)7-6-10(11)2/h6,8-9H,5,7,17H2,1-4H3,(H,18,19)(H,20,21)/b12-9-. The second-order valence-electron chi connectivity index (χ2n) is 6.05. The van der Waals surface area contributed by atoms with Crippen molar-refractivity contribution in [3.63, 3.8) is 0 Å². The maximum atomic E-state index is 11.4. The first-order valence-electron chi connectivity index (χ1n) is 6.91. The van der Waals surface area contributed by atoms with Gasteiger partial charge >= 0.3 is 11.9 Å². The van der Waals surface area contributed by atoms with Gasteiger partial charge in [-0.3, -0.25) is 9.59 Å². The molecule has 0 aliphatic heterocycles. The van der Waals surface area contributed by atoms with E-state index in [1.54, 1.807) is 26.8 Å². The summed E-state index contributed by atoms with van der Waals surface area (Å²) in [5.41, 5.74) is 5.75. The predicted octanol–water partition coefficient (Wildman–Crippen LogP) is 2.70. The molecule has 0 saturated heterocycles. The number of carboxylic acids is 2. The Balaban J connectivity index is 3.29. The van der Waals surface area contributed by atoms with Gasteiger partial charge in [0.05, 0.1) is 10.8 Å². The van der Waals surface area contributed by atoms with E-state index in [-0.39, 0.29) is 0 Å². The van der Waals surface area contributed by atoms with E-state index in [0.717, 1.165) is 5.57 Å². The molecular formula is C16H23NO4. The zero-order valence-corrected chi connectivity index (χ0v) is 12.9. The second kappa shape index (κ2) is 5.76. The van der Waals surface area contributed by atoms with Crippen LogP contribution in [0.25, 0.3) is 0 Å². The number of hydrogen-bond donors (Lipinski definition) is 3. The van der Waals surface area contributed by atoms with E-state index in [1.807, 2.05) is 13.0 Å². The molecule has 0 saturated carbocycles. The molecule has 2 atom stereocenters. The van der Waals surface area contributed by atoms with E-state index < -0.39 is 22.8 Å². The van der Waals surface area contributed by atoms with Gasteiger partial charge in [-0.25, -0.2) is 0 Å². The number of rotatable bonds is 5. The fourth-order valence-corrected chi connectivity index (χ4v) is 2.16. The van der Waals surface area contributed by atoms with Crippen molar-refractivity contribution in [2.24, 2.45) is 16.6 Å². The summed E-state index contributed by atoms with van der Waals surface area (Å²) in [5.74, 6) is -1.87. The van der Waals surface area contributed by atoms with Crippen molar-refractivity contribution in [1.82, 2.24) is 0 Å². The summed E-state index contributed by atoms with van der Waals surface area (Å²) in [6, 6.07) is 0. The molecule has 0 aromatic carbocycles. The van der Waals surface area contributed by atoms with Crippen LogP contribution in [0.4, 0.5) is 0 Å². The summed E-state index contributed by atoms with van der Waals surface area (Å²) in [6.07, 6.45) is 5.75. The van der Waals surface area contributed by atoms with Crippen LogP contribution in [-0.2, 0) is 9.59 Å². The topological polar surface area (TPSA) is 101 Å². The second-order valence-corrected chi connectivity index (χ2v) is 6.05. The Hall–Kier alpha value is -2.04. The van der Waals surface area contributed by atoms with Gasteiger partial charge in [0.2, 0.25) is 0 Å². The number of carbonyl (C=O) groups is 2. The van der Waals surface area contributed by atoms with E-state index in [0.29, 0.717) is 24.1 Å². The van der Waals surface area contributed by atoms with Crippen LogP contribution in [0.5, 0.6) is 0 Å². The van der Waals surface area contributed by atoms with Crippen molar-refractivity contribution in [2.45, 2.75) is 40.5 Å². The van der Waals surface area contributed by atoms with E-state index >= 15 is 0 Å². The first-order valence-corrected chi connectivity index (χ1v) is 6.91. The molecule has 5 heteroatoms. The third-order valence-electron chi connectivity index (χ3n) is 4.22. The highest BCUT2D eigenvalue weighted by Crippen LogP contribution is 2.36. The number of allylic oxidation sites excluding steroid dienone is 2. The zero-order chi connectivity index (χ0) is 16.4. The number of aliphatic carboxylic acids is 2. The molecule has 21 heavy (non-hydrogen) atoms. The number of nitrogens with two attached hydrogens (primary N) is 1. The molecule has 0 aromatic heterocycles. The molecule has 1 aliphatic carbocycles. The van der Waals surface area contributed by atoms with Crippen LogP contribution >= 0.6 is 0 Å². The Morgan fingerprint density at radius 3 is 2.48 bits per heavy atom. The van der Waals surface area contributed by atoms with E-state index in [4.69, 9.17) is 5.73 Å². The molecule has 0 fully saturated rings. The molecule has 0 amide bonds. The van der Waals surface area contributed by atoms with Crippen molar-refractivity contribution in [2.75, 3.05) is 0 Å². The quantitative estimate of drug-likeness (QED) is 0.723. The van der Waals surface area contributed by atoms with Crippen molar-refractivity contribution in [1.29, 1.82) is 0 Å². The minimum atomic E-state index is -1.07. The predicted molar refractivity (Wildman–Crippen MR) is 80.5 cm³/mol. The van der Waals surface area contributed by atoms with Gasteiger partial charge in [-0.1, -0.05) is 19.1 Å². The lowest BCUT2D eigenvalue weighted by atomic mass is 9.77. The van der Waals surface area contributed by atoms with Gasteiger partial charge in [-0.2, -0.15) is 0 Å². The molecule has 0 aromatic rings. The molecule has 0 heterocycles. The van der Waals surface area contributed by atoms with Gasteiger partial charge in [0.1, 0.15) is 0 Å². The zero-order valence-electron chi connectivity index (χ0n) is 12.9. The molecule has 0 spiro atoms. The first-order chi connectivity index (χ1) is 9.55. The summed E-state index contributed by atoms with van der Waals surface area (Å²) in [6.45, 7) is 6.85. The molecule has 116 valence electrons. The molecule has 1 aliphatic rings. The SMILES string of the molecule is CCC(C)(/C=C(\N)C1=CC(C)(C(=O)O)CC=C1C)C(=O)O. The van der Waals surface area contributed by atoms with Crippen molar-refractivity contribution >= 4 is 11.9 Å². The molecule has 0 radical (unpaired) electrons. The molecule has 5 nitrogen and oxygen atoms in total. The molecule has 2 unspecified atom stereocenters. The molecule has 4 N–H and O–H groups in total. The molecular weight excluding hydrogens is 270 g/mol. The summed E-state index contributed by atoms with van der Waals surface area (Å²) in [5, 5.41) is 18.6. The summed E-state index contributed by atoms with van der Waals surface area (Å²) in [7, 11) is 0. The average Bonchev–Trinajstić information content (AvgIpc) is 2.40. The number of hydrogen-bond acceptors (Lipinski definition) is 3. The Morgan fingerprint density at radius 2 is 2.05 bits per heavy atom. The minimum Gasteiger partial charge on any atom is -0.481 e. The Bertz CT molecular complexity index is 559. The van der Waals surface area contributed by atoms with Gasteiger partial charge < -0.3 is 15.9 Å². The highest BCUT2D eigenvalue weighted by molar-refractivity contribution is 5.79. The monoisotopic (exact) mass is 293 g/mol. The maximum Gasteiger partial charge on any atom is 0.313 e. The van der Waals surface area contributed by atoms with Crippen LogP contribution in [0.1, 0.15) is 40.5 Å². The van der Waals surface area contributed by atoms with Crippen LogP contribution in [0.3, 0.4) is 0 Å². The Morgan fingerprint density at radius 1 is 1.48 bits per heavy atom. The van der Waals surface area contributed by atoms with Gasteiger partial charge in [-0.05, 0) is 50.8 Å². The minimum absolute atomic E-state index is 0.308. The summed E-state index contributed by atoms with van der Waals surface area (Å²) in [4.78, 5) is 22.7. The summed E-state index contributed by atoms with van der Waals surface area (Å²) < 4.78 is 0. The van der Waals surface area contributed by atoms with Crippen LogP contribution < -0.4 is 5.73 Å². The van der Waals surface area contributed by atoms with Crippen LogP contribution in [-0.4, -0.2) is 22.2 Å². The van der Waals surface area contributed by atoms with Crippen molar-refractivity contribution in [3.05, 3.63) is 35.1 Å². The van der Waals surface area contributed by atoms with Crippen LogP contribution in [0, 0.1) is 10.8 Å². The highest BCUT2D eigenvalue weighted by Gasteiger charge is 2.34. The van der Waals surface area contributed by atoms with Gasteiger partial charge in [-0.15, -0.1) is 0 Å². The smallest absolute Gasteiger partial charge is 0.313 e. The Kier molecular flexibility index (Phi) is 4.66. The normalized spacial score (nSPS) is 25.6. The fraction of sp³-hybridized carbons (Fsp3) is 0.500. The largest absolute Gasteiger partial charge is 0.481 e. The van der Waals surface area contributed by atoms with E-state index in [9.17, 15) is 19.8 Å². The van der Waals surface area contributed by atoms with Crippen LogP contribution in [0.15, 0.2) is 35.1 Å². The summed E-state index contributed by atoms with van der Waals surface area (Å²) >= 11 is 0. The van der Waals surface area contributed by atoms with Crippen molar-refractivity contribution < 1.29 is 19.8 Å². The van der Waals surface area contributed by atoms with Crippen LogP contribution in [0.2, 0.25) is 0 Å². The lowest BCUT2D eigenvalue weighted by molar-refractivity contribution is -0.146. The van der Waals surface area contributed by atoms with Gasteiger partial charge in [0.25, 0.3) is 0 Å². The van der Waals surface area contributed by atoms with Gasteiger partial charge in [0, 0.05) is 5.70 Å². The number of carboxylic acid groups (broad SMARTS) is 2. The van der Waals surface area contributed by atoms with E-state index in [1.165, 1.54) is 6.08 Å². The lowest BCUT2D eigenvalue weighted by Gasteiger charge is -2.27. The lowest BCUT2D eigenvalue weighted by Crippen LogP contribution is -2.29. The van der Waals surface area contributed by atoms with Gasteiger partial charge in [0.15, 0.2) is 0 Å².